The highest BCUT2D eigenvalue weighted by Crippen LogP contribution is 2.19. The second-order valence-corrected chi connectivity index (χ2v) is 4.11. The summed E-state index contributed by atoms with van der Waals surface area (Å²) in [5.41, 5.74) is 6.74. The fourth-order valence-corrected chi connectivity index (χ4v) is 1.75. The molecule has 0 radical (unpaired) electrons. The zero-order chi connectivity index (χ0) is 13.1. The smallest absolute Gasteiger partial charge is 0.313 e. The van der Waals surface area contributed by atoms with E-state index in [9.17, 15) is 9.90 Å². The van der Waals surface area contributed by atoms with Crippen LogP contribution in [0.25, 0.3) is 0 Å². The number of carbonyl (C=O) groups is 1. The molecule has 1 unspecified atom stereocenters. The molecular formula is C12H14N4O2. The summed E-state index contributed by atoms with van der Waals surface area (Å²) in [6.45, 7) is 0. The van der Waals surface area contributed by atoms with E-state index in [0.717, 1.165) is 0 Å². The van der Waals surface area contributed by atoms with Crippen LogP contribution in [0.5, 0.6) is 0 Å². The second-order valence-electron chi connectivity index (χ2n) is 4.11. The van der Waals surface area contributed by atoms with Gasteiger partial charge in [0.2, 0.25) is 0 Å². The zero-order valence-electron chi connectivity index (χ0n) is 9.95. The van der Waals surface area contributed by atoms with Gasteiger partial charge in [-0.3, -0.25) is 4.79 Å². The Labute approximate surface area is 104 Å². The number of carboxylic acid groups (broad SMARTS) is 1. The summed E-state index contributed by atoms with van der Waals surface area (Å²) in [5, 5.41) is 9.26. The number of imidazole rings is 1. The minimum atomic E-state index is -0.919. The summed E-state index contributed by atoms with van der Waals surface area (Å²) in [6, 6.07) is 5.18. The van der Waals surface area contributed by atoms with Crippen molar-refractivity contribution in [2.75, 3.05) is 5.73 Å². The van der Waals surface area contributed by atoms with Gasteiger partial charge in [-0.25, -0.2) is 9.97 Å². The first-order valence-electron chi connectivity index (χ1n) is 5.48. The highest BCUT2D eigenvalue weighted by Gasteiger charge is 2.23. The van der Waals surface area contributed by atoms with Gasteiger partial charge >= 0.3 is 5.97 Å². The van der Waals surface area contributed by atoms with Crippen LogP contribution >= 0.6 is 0 Å². The molecule has 0 fully saturated rings. The van der Waals surface area contributed by atoms with E-state index in [-0.39, 0.29) is 6.42 Å². The lowest BCUT2D eigenvalue weighted by Crippen LogP contribution is -2.15. The Morgan fingerprint density at radius 3 is 2.89 bits per heavy atom. The predicted octanol–water partition coefficient (Wildman–Crippen LogP) is 0.808. The summed E-state index contributed by atoms with van der Waals surface area (Å²) in [6.07, 6.45) is 3.56. The number of nitrogens with zero attached hydrogens (tertiary/aromatic N) is 3. The first-order valence-corrected chi connectivity index (χ1v) is 5.48. The van der Waals surface area contributed by atoms with Gasteiger partial charge in [-0.05, 0) is 12.1 Å². The van der Waals surface area contributed by atoms with E-state index in [0.29, 0.717) is 17.2 Å². The van der Waals surface area contributed by atoms with Gasteiger partial charge in [0.05, 0.1) is 12.0 Å². The van der Waals surface area contributed by atoms with Crippen LogP contribution in [-0.2, 0) is 18.3 Å². The SMILES string of the molecule is Cn1cnc(C(Cc2cccc(N)n2)C(=O)O)c1. The lowest BCUT2D eigenvalue weighted by molar-refractivity contribution is -0.138. The van der Waals surface area contributed by atoms with E-state index >= 15 is 0 Å². The van der Waals surface area contributed by atoms with Crippen LogP contribution < -0.4 is 5.73 Å². The Bertz CT molecular complexity index is 565. The summed E-state index contributed by atoms with van der Waals surface area (Å²) in [5.74, 6) is -1.24. The largest absolute Gasteiger partial charge is 0.481 e. The van der Waals surface area contributed by atoms with Crippen LogP contribution in [0, 0.1) is 0 Å². The van der Waals surface area contributed by atoms with Crippen LogP contribution in [0.2, 0.25) is 0 Å². The van der Waals surface area contributed by atoms with Crippen molar-refractivity contribution in [3.05, 3.63) is 42.1 Å². The molecule has 6 nitrogen and oxygen atoms in total. The Balaban J connectivity index is 2.24. The van der Waals surface area contributed by atoms with Gasteiger partial charge < -0.3 is 15.4 Å². The van der Waals surface area contributed by atoms with Crippen molar-refractivity contribution in [1.82, 2.24) is 14.5 Å². The Morgan fingerprint density at radius 1 is 1.56 bits per heavy atom. The molecule has 0 amide bonds. The lowest BCUT2D eigenvalue weighted by Gasteiger charge is -2.09. The maximum atomic E-state index is 11.3. The summed E-state index contributed by atoms with van der Waals surface area (Å²) < 4.78 is 1.72. The normalized spacial score (nSPS) is 12.3. The molecule has 0 saturated carbocycles. The third-order valence-electron chi connectivity index (χ3n) is 2.62. The van der Waals surface area contributed by atoms with E-state index in [2.05, 4.69) is 9.97 Å². The number of aryl methyl sites for hydroxylation is 1. The molecule has 2 aromatic heterocycles. The number of hydrogen-bond donors (Lipinski definition) is 2. The Morgan fingerprint density at radius 2 is 2.33 bits per heavy atom. The number of nitrogens with two attached hydrogens (primary N) is 1. The van der Waals surface area contributed by atoms with E-state index in [4.69, 9.17) is 5.73 Å². The van der Waals surface area contributed by atoms with Crippen LogP contribution in [0.1, 0.15) is 17.3 Å². The molecule has 6 heteroatoms. The van der Waals surface area contributed by atoms with Gasteiger partial charge in [0.1, 0.15) is 11.7 Å². The summed E-state index contributed by atoms with van der Waals surface area (Å²) in [7, 11) is 1.80. The summed E-state index contributed by atoms with van der Waals surface area (Å²) in [4.78, 5) is 19.5. The number of hydrogen-bond acceptors (Lipinski definition) is 4. The van der Waals surface area contributed by atoms with Gasteiger partial charge in [0.15, 0.2) is 0 Å². The molecule has 2 heterocycles. The third-order valence-corrected chi connectivity index (χ3v) is 2.62. The molecule has 2 rings (SSSR count). The Kier molecular flexibility index (Phi) is 3.27. The van der Waals surface area contributed by atoms with Gasteiger partial charge in [0.25, 0.3) is 0 Å². The minimum Gasteiger partial charge on any atom is -0.481 e. The van der Waals surface area contributed by atoms with Gasteiger partial charge in [-0.15, -0.1) is 0 Å². The molecule has 0 aromatic carbocycles. The van der Waals surface area contributed by atoms with Crippen molar-refractivity contribution in [2.45, 2.75) is 12.3 Å². The molecule has 0 saturated heterocycles. The van der Waals surface area contributed by atoms with E-state index < -0.39 is 11.9 Å². The molecule has 2 aromatic rings. The van der Waals surface area contributed by atoms with Crippen LogP contribution in [0.4, 0.5) is 5.82 Å². The fourth-order valence-electron chi connectivity index (χ4n) is 1.75. The molecule has 94 valence electrons. The molecule has 3 N–H and O–H groups in total. The first kappa shape index (κ1) is 12.1. The van der Waals surface area contributed by atoms with Crippen molar-refractivity contribution in [3.8, 4) is 0 Å². The topological polar surface area (TPSA) is 94.0 Å². The number of carboxylic acids is 1. The second kappa shape index (κ2) is 4.87. The van der Waals surface area contributed by atoms with Crippen molar-refractivity contribution in [2.24, 2.45) is 7.05 Å². The van der Waals surface area contributed by atoms with Crippen LogP contribution in [-0.4, -0.2) is 25.6 Å². The molecule has 0 aliphatic rings. The zero-order valence-corrected chi connectivity index (χ0v) is 9.95. The number of aromatic nitrogens is 3. The van der Waals surface area contributed by atoms with E-state index in [1.165, 1.54) is 0 Å². The molecule has 0 aliphatic carbocycles. The Hall–Kier alpha value is -2.37. The molecule has 0 bridgehead atoms. The molecular weight excluding hydrogens is 232 g/mol. The molecule has 0 spiro atoms. The predicted molar refractivity (Wildman–Crippen MR) is 65.9 cm³/mol. The van der Waals surface area contributed by atoms with Crippen molar-refractivity contribution in [3.63, 3.8) is 0 Å². The maximum Gasteiger partial charge on any atom is 0.313 e. The van der Waals surface area contributed by atoms with Gasteiger partial charge in [-0.1, -0.05) is 6.07 Å². The number of anilines is 1. The first-order chi connectivity index (χ1) is 8.56. The monoisotopic (exact) mass is 246 g/mol. The van der Waals surface area contributed by atoms with Gasteiger partial charge in [-0.2, -0.15) is 0 Å². The van der Waals surface area contributed by atoms with Crippen molar-refractivity contribution < 1.29 is 9.90 Å². The average Bonchev–Trinajstić information content (AvgIpc) is 2.72. The third kappa shape index (κ3) is 2.65. The number of aliphatic carboxylic acids is 1. The standard InChI is InChI=1S/C12H14N4O2/c1-16-6-10(14-7-16)9(12(17)18)5-8-3-2-4-11(13)15-8/h2-4,6-7,9H,5H2,1H3,(H2,13,15)(H,17,18). The van der Waals surface area contributed by atoms with Crippen LogP contribution in [0.3, 0.4) is 0 Å². The van der Waals surface area contributed by atoms with Gasteiger partial charge in [0, 0.05) is 25.4 Å². The number of pyridine rings is 1. The average molecular weight is 246 g/mol. The van der Waals surface area contributed by atoms with E-state index in [1.54, 1.807) is 42.3 Å². The minimum absolute atomic E-state index is 0.275. The van der Waals surface area contributed by atoms with E-state index in [1.807, 2.05) is 0 Å². The number of nitrogen functional groups attached to an aromatic ring is 1. The summed E-state index contributed by atoms with van der Waals surface area (Å²) >= 11 is 0. The maximum absolute atomic E-state index is 11.3. The van der Waals surface area contributed by atoms with Crippen molar-refractivity contribution >= 4 is 11.8 Å². The number of rotatable bonds is 4. The highest BCUT2D eigenvalue weighted by molar-refractivity contribution is 5.75. The molecule has 18 heavy (non-hydrogen) atoms. The lowest BCUT2D eigenvalue weighted by atomic mass is 10.00. The highest BCUT2D eigenvalue weighted by atomic mass is 16.4. The quantitative estimate of drug-likeness (QED) is 0.832. The molecule has 0 aliphatic heterocycles. The van der Waals surface area contributed by atoms with Crippen molar-refractivity contribution in [1.29, 1.82) is 0 Å². The van der Waals surface area contributed by atoms with Crippen LogP contribution in [0.15, 0.2) is 30.7 Å². The fraction of sp³-hybridized carbons (Fsp3) is 0.250. The molecule has 1 atom stereocenters.